The number of nitrogens with zero attached hydrogens (tertiary/aromatic N) is 3. The highest BCUT2D eigenvalue weighted by molar-refractivity contribution is 5.85. The Morgan fingerprint density at radius 2 is 1.91 bits per heavy atom. The van der Waals surface area contributed by atoms with Crippen molar-refractivity contribution in [1.29, 1.82) is 0 Å². The van der Waals surface area contributed by atoms with Gasteiger partial charge in [-0.05, 0) is 50.1 Å². The maximum Gasteiger partial charge on any atom is 0.205 e. The van der Waals surface area contributed by atoms with E-state index in [1.165, 1.54) is 0 Å². The molecule has 0 bridgehead atoms. The van der Waals surface area contributed by atoms with Crippen LogP contribution in [0.25, 0.3) is 11.0 Å². The standard InChI is InChI=1S/C23H28N4O3.2ClH/c1-26(21-15-29-20-9-5-8-19(28-2)22(20)30-21)14-16-10-12-27(13-11-16)23-24-17-6-3-4-7-18(17)25-23;;/h3-9,16,21H,10-15H2,1-2H3,(H,24,25);2*1H. The number of halogens is 2. The van der Waals surface area contributed by atoms with Gasteiger partial charge in [0.05, 0.1) is 18.1 Å². The Bertz CT molecular complexity index is 976. The number of hydrogen-bond acceptors (Lipinski definition) is 6. The van der Waals surface area contributed by atoms with Gasteiger partial charge in [-0.2, -0.15) is 0 Å². The number of likely N-dealkylation sites (N-methyl/N-ethyl adjacent to an activating group) is 1. The number of imidazole rings is 1. The van der Waals surface area contributed by atoms with Crippen LogP contribution in [0.2, 0.25) is 0 Å². The van der Waals surface area contributed by atoms with Crippen molar-refractivity contribution in [1.82, 2.24) is 14.9 Å². The van der Waals surface area contributed by atoms with E-state index in [2.05, 4.69) is 34.0 Å². The van der Waals surface area contributed by atoms with Gasteiger partial charge in [0, 0.05) is 19.6 Å². The van der Waals surface area contributed by atoms with E-state index in [9.17, 15) is 0 Å². The van der Waals surface area contributed by atoms with Crippen LogP contribution in [-0.4, -0.2) is 61.5 Å². The number of aromatic nitrogens is 2. The second-order valence-corrected chi connectivity index (χ2v) is 8.12. The quantitative estimate of drug-likeness (QED) is 0.585. The molecule has 2 aliphatic heterocycles. The second kappa shape index (κ2) is 10.5. The molecule has 2 aromatic carbocycles. The second-order valence-electron chi connectivity index (χ2n) is 8.12. The molecule has 5 rings (SSSR count). The largest absolute Gasteiger partial charge is 0.493 e. The SMILES string of the molecule is COc1cccc2c1OC(N(C)CC1CCN(c3nc4ccccc4[nH]3)CC1)CO2.Cl.Cl. The summed E-state index contributed by atoms with van der Waals surface area (Å²) >= 11 is 0. The molecule has 0 aliphatic carbocycles. The smallest absolute Gasteiger partial charge is 0.205 e. The number of anilines is 1. The van der Waals surface area contributed by atoms with Gasteiger partial charge in [-0.1, -0.05) is 18.2 Å². The van der Waals surface area contributed by atoms with Crippen molar-refractivity contribution in [3.05, 3.63) is 42.5 Å². The topological polar surface area (TPSA) is 62.9 Å². The molecule has 3 aromatic rings. The van der Waals surface area contributed by atoms with E-state index in [4.69, 9.17) is 19.2 Å². The number of ether oxygens (including phenoxy) is 3. The molecular formula is C23H30Cl2N4O3. The minimum absolute atomic E-state index is 0. The first-order valence-corrected chi connectivity index (χ1v) is 10.6. The zero-order valence-corrected chi connectivity index (χ0v) is 20.0. The number of fused-ring (bicyclic) bond motifs is 2. The molecule has 1 atom stereocenters. The number of piperidine rings is 1. The maximum atomic E-state index is 6.23. The molecule has 1 fully saturated rings. The zero-order chi connectivity index (χ0) is 20.5. The molecule has 0 amide bonds. The van der Waals surface area contributed by atoms with E-state index in [1.54, 1.807) is 7.11 Å². The molecule has 0 saturated carbocycles. The predicted molar refractivity (Wildman–Crippen MR) is 131 cm³/mol. The summed E-state index contributed by atoms with van der Waals surface area (Å²) in [5, 5.41) is 0. The van der Waals surface area contributed by atoms with Gasteiger partial charge >= 0.3 is 0 Å². The van der Waals surface area contributed by atoms with Crippen LogP contribution in [0.5, 0.6) is 17.2 Å². The minimum atomic E-state index is -0.109. The van der Waals surface area contributed by atoms with E-state index in [0.29, 0.717) is 24.0 Å². The van der Waals surface area contributed by atoms with Gasteiger partial charge < -0.3 is 24.1 Å². The first-order chi connectivity index (χ1) is 14.7. The van der Waals surface area contributed by atoms with Crippen LogP contribution in [0, 0.1) is 5.92 Å². The van der Waals surface area contributed by atoms with Crippen LogP contribution in [0.15, 0.2) is 42.5 Å². The lowest BCUT2D eigenvalue weighted by Crippen LogP contribution is -2.47. The van der Waals surface area contributed by atoms with Gasteiger partial charge in [-0.3, -0.25) is 4.90 Å². The number of benzene rings is 2. The van der Waals surface area contributed by atoms with E-state index in [0.717, 1.165) is 55.2 Å². The summed E-state index contributed by atoms with van der Waals surface area (Å²) in [5.41, 5.74) is 2.12. The van der Waals surface area contributed by atoms with E-state index < -0.39 is 0 Å². The molecule has 1 saturated heterocycles. The predicted octanol–water partition coefficient (Wildman–Crippen LogP) is 4.36. The van der Waals surface area contributed by atoms with E-state index >= 15 is 0 Å². The van der Waals surface area contributed by atoms with Crippen molar-refractivity contribution < 1.29 is 14.2 Å². The van der Waals surface area contributed by atoms with Gasteiger partial charge in [0.1, 0.15) is 6.61 Å². The summed E-state index contributed by atoms with van der Waals surface area (Å²) in [7, 11) is 3.77. The van der Waals surface area contributed by atoms with E-state index in [-0.39, 0.29) is 31.0 Å². The fourth-order valence-electron chi connectivity index (χ4n) is 4.38. The normalized spacial score (nSPS) is 18.2. The molecule has 3 heterocycles. The third-order valence-electron chi connectivity index (χ3n) is 6.13. The Labute approximate surface area is 200 Å². The van der Waals surface area contributed by atoms with Gasteiger partial charge in [0.2, 0.25) is 11.7 Å². The number of methoxy groups -OCH3 is 1. The lowest BCUT2D eigenvalue weighted by molar-refractivity contribution is -0.0250. The van der Waals surface area contributed by atoms with Gasteiger partial charge in [0.15, 0.2) is 17.7 Å². The molecule has 2 aliphatic rings. The zero-order valence-electron chi connectivity index (χ0n) is 18.3. The summed E-state index contributed by atoms with van der Waals surface area (Å²) in [4.78, 5) is 12.8. The number of aromatic amines is 1. The molecular weight excluding hydrogens is 451 g/mol. The number of hydrogen-bond donors (Lipinski definition) is 1. The molecule has 9 heteroatoms. The molecule has 174 valence electrons. The summed E-state index contributed by atoms with van der Waals surface area (Å²) < 4.78 is 17.6. The molecule has 1 unspecified atom stereocenters. The lowest BCUT2D eigenvalue weighted by atomic mass is 9.96. The fraction of sp³-hybridized carbons (Fsp3) is 0.435. The summed E-state index contributed by atoms with van der Waals surface area (Å²) in [6.07, 6.45) is 2.16. The fourth-order valence-corrected chi connectivity index (χ4v) is 4.38. The van der Waals surface area contributed by atoms with Crippen LogP contribution in [0.4, 0.5) is 5.95 Å². The van der Waals surface area contributed by atoms with Crippen LogP contribution in [0.3, 0.4) is 0 Å². The van der Waals surface area contributed by atoms with Crippen LogP contribution in [-0.2, 0) is 0 Å². The molecule has 7 nitrogen and oxygen atoms in total. The Balaban J connectivity index is 0.00000144. The average molecular weight is 481 g/mol. The highest BCUT2D eigenvalue weighted by Gasteiger charge is 2.30. The van der Waals surface area contributed by atoms with Gasteiger partial charge in [0.25, 0.3) is 0 Å². The summed E-state index contributed by atoms with van der Waals surface area (Å²) in [6.45, 7) is 3.52. The highest BCUT2D eigenvalue weighted by atomic mass is 35.5. The maximum absolute atomic E-state index is 6.23. The Kier molecular flexibility index (Phi) is 7.98. The average Bonchev–Trinajstić information content (AvgIpc) is 3.23. The summed E-state index contributed by atoms with van der Waals surface area (Å²) in [5.74, 6) is 3.76. The number of rotatable bonds is 5. The van der Waals surface area contributed by atoms with Crippen molar-refractivity contribution in [2.45, 2.75) is 19.1 Å². The van der Waals surface area contributed by atoms with E-state index in [1.807, 2.05) is 30.3 Å². The first kappa shape index (κ1) is 24.3. The highest BCUT2D eigenvalue weighted by Crippen LogP contribution is 2.40. The molecule has 0 spiro atoms. The third kappa shape index (κ3) is 4.85. The van der Waals surface area contributed by atoms with Crippen molar-refractivity contribution >= 4 is 41.8 Å². The van der Waals surface area contributed by atoms with Gasteiger partial charge in [-0.15, -0.1) is 24.8 Å². The van der Waals surface area contributed by atoms with Crippen molar-refractivity contribution in [3.8, 4) is 17.2 Å². The van der Waals surface area contributed by atoms with Crippen LogP contribution >= 0.6 is 24.8 Å². The van der Waals surface area contributed by atoms with Crippen molar-refractivity contribution in [2.24, 2.45) is 5.92 Å². The third-order valence-corrected chi connectivity index (χ3v) is 6.13. The van der Waals surface area contributed by atoms with Gasteiger partial charge in [-0.25, -0.2) is 4.98 Å². The lowest BCUT2D eigenvalue weighted by Gasteiger charge is -2.37. The number of para-hydroxylation sites is 3. The Morgan fingerprint density at radius 3 is 2.66 bits per heavy atom. The summed E-state index contributed by atoms with van der Waals surface area (Å²) in [6, 6.07) is 13.9. The van der Waals surface area contributed by atoms with Crippen molar-refractivity contribution in [3.63, 3.8) is 0 Å². The Hall–Kier alpha value is -2.35. The Morgan fingerprint density at radius 1 is 1.12 bits per heavy atom. The molecule has 1 aromatic heterocycles. The minimum Gasteiger partial charge on any atom is -0.493 e. The molecule has 0 radical (unpaired) electrons. The first-order valence-electron chi connectivity index (χ1n) is 10.6. The van der Waals surface area contributed by atoms with Crippen LogP contribution in [0.1, 0.15) is 12.8 Å². The van der Waals surface area contributed by atoms with Crippen LogP contribution < -0.4 is 19.1 Å². The van der Waals surface area contributed by atoms with Crippen molar-refractivity contribution in [2.75, 3.05) is 45.3 Å². The number of H-pyrrole nitrogens is 1. The monoisotopic (exact) mass is 480 g/mol. The molecule has 32 heavy (non-hydrogen) atoms. The molecule has 1 N–H and O–H groups in total. The number of nitrogens with one attached hydrogen (secondary N) is 1.